The zero-order chi connectivity index (χ0) is 25.6. The number of hydrazine groups is 1. The lowest BCUT2D eigenvalue weighted by Crippen LogP contribution is -2.56. The second-order valence-corrected chi connectivity index (χ2v) is 12.8. The van der Waals surface area contributed by atoms with Gasteiger partial charge in [-0.25, -0.2) is 5.43 Å². The molecule has 2 amide bonds. The van der Waals surface area contributed by atoms with E-state index in [1.807, 2.05) is 16.8 Å². The summed E-state index contributed by atoms with van der Waals surface area (Å²) in [4.78, 5) is 43.6. The van der Waals surface area contributed by atoms with E-state index < -0.39 is 0 Å². The van der Waals surface area contributed by atoms with Crippen molar-refractivity contribution in [3.8, 4) is 0 Å². The zero-order valence-electron chi connectivity index (χ0n) is 22.4. The number of carbonyl (C=O) groups excluding carboxylic acids is 3. The number of likely N-dealkylation sites (tertiary alicyclic amines) is 1. The third-order valence-corrected chi connectivity index (χ3v) is 10.5. The lowest BCUT2D eigenvalue weighted by molar-refractivity contribution is -0.154. The highest BCUT2D eigenvalue weighted by Crippen LogP contribution is 2.43. The summed E-state index contributed by atoms with van der Waals surface area (Å²) < 4.78 is 5.77. The van der Waals surface area contributed by atoms with E-state index in [9.17, 15) is 14.4 Å². The van der Waals surface area contributed by atoms with Gasteiger partial charge in [-0.2, -0.15) is 0 Å². The van der Waals surface area contributed by atoms with Gasteiger partial charge in [-0.1, -0.05) is 32.1 Å². The Balaban J connectivity index is 1.05. The number of rotatable bonds is 6. The van der Waals surface area contributed by atoms with E-state index in [0.717, 1.165) is 57.9 Å². The average Bonchev–Trinajstić information content (AvgIpc) is 3.41. The smallest absolute Gasteiger partial charge is 0.309 e. The highest BCUT2D eigenvalue weighted by atomic mass is 16.5. The predicted molar refractivity (Wildman–Crippen MR) is 138 cm³/mol. The Morgan fingerprint density at radius 3 is 2.46 bits per heavy atom. The first kappa shape index (κ1) is 25.6. The Hall–Kier alpha value is -1.71. The lowest BCUT2D eigenvalue weighted by Gasteiger charge is -2.38. The van der Waals surface area contributed by atoms with E-state index in [1.165, 1.54) is 32.1 Å². The molecular weight excluding hydrogens is 470 g/mol. The van der Waals surface area contributed by atoms with Crippen LogP contribution in [0.5, 0.6) is 0 Å². The van der Waals surface area contributed by atoms with Gasteiger partial charge >= 0.3 is 5.97 Å². The van der Waals surface area contributed by atoms with Crippen molar-refractivity contribution in [2.24, 2.45) is 17.8 Å². The van der Waals surface area contributed by atoms with Gasteiger partial charge in [0.1, 0.15) is 12.6 Å². The molecule has 0 aromatic carbocycles. The second kappa shape index (κ2) is 10.5. The summed E-state index contributed by atoms with van der Waals surface area (Å²) in [6.07, 6.45) is 13.8. The van der Waals surface area contributed by atoms with Crippen molar-refractivity contribution in [3.63, 3.8) is 0 Å². The maximum atomic E-state index is 13.7. The standard InChI is InChI=1S/C28H45N5O4/c1-32(28(12-13-28)17-37-27(36)18-7-3-2-4-8-18)26(35)24-20-16-33(14-11-22(20)30-31-24)25(34)23-15-19-9-5-6-10-21(19)29-23/h18-24,29-31H,2-17H2,1H3. The van der Waals surface area contributed by atoms with Crippen molar-refractivity contribution in [2.45, 2.75) is 113 Å². The molecule has 0 radical (unpaired) electrons. The summed E-state index contributed by atoms with van der Waals surface area (Å²) in [5, 5.41) is 3.64. The number of ether oxygens (including phenoxy) is 1. The molecule has 6 atom stereocenters. The highest BCUT2D eigenvalue weighted by molar-refractivity contribution is 5.85. The minimum absolute atomic E-state index is 0.0241. The van der Waals surface area contributed by atoms with Gasteiger partial charge in [-0.05, 0) is 57.3 Å². The van der Waals surface area contributed by atoms with Crippen LogP contribution in [-0.4, -0.2) is 84.0 Å². The van der Waals surface area contributed by atoms with Crippen molar-refractivity contribution < 1.29 is 19.1 Å². The number of nitrogens with zero attached hydrogens (tertiary/aromatic N) is 2. The van der Waals surface area contributed by atoms with Crippen LogP contribution in [0.4, 0.5) is 0 Å². The maximum absolute atomic E-state index is 13.7. The maximum Gasteiger partial charge on any atom is 0.309 e. The first-order chi connectivity index (χ1) is 17.9. The average molecular weight is 516 g/mol. The van der Waals surface area contributed by atoms with Crippen LogP contribution in [-0.2, 0) is 19.1 Å². The number of likely N-dealkylation sites (N-methyl/N-ethyl adjacent to an activating group) is 1. The summed E-state index contributed by atoms with van der Waals surface area (Å²) in [6.45, 7) is 1.63. The number of hydrogen-bond acceptors (Lipinski definition) is 7. The fraction of sp³-hybridized carbons (Fsp3) is 0.893. The third kappa shape index (κ3) is 5.03. The van der Waals surface area contributed by atoms with Gasteiger partial charge in [0.25, 0.3) is 0 Å². The molecule has 3 saturated heterocycles. The molecule has 6 unspecified atom stereocenters. The molecule has 3 N–H and O–H groups in total. The SMILES string of the molecule is CN(C(=O)C1NNC2CCN(C(=O)C3CC4CCCCC4N3)CC21)C1(COC(=O)C2CCCCC2)CC1. The van der Waals surface area contributed by atoms with E-state index in [1.54, 1.807) is 0 Å². The number of fused-ring (bicyclic) bond motifs is 2. The largest absolute Gasteiger partial charge is 0.463 e. The van der Waals surface area contributed by atoms with E-state index in [2.05, 4.69) is 16.2 Å². The first-order valence-corrected chi connectivity index (χ1v) is 15.0. The van der Waals surface area contributed by atoms with Crippen LogP contribution in [0, 0.1) is 17.8 Å². The van der Waals surface area contributed by atoms with Crippen molar-refractivity contribution >= 4 is 17.8 Å². The molecule has 3 saturated carbocycles. The molecule has 0 aromatic heterocycles. The van der Waals surface area contributed by atoms with Gasteiger partial charge in [0.2, 0.25) is 11.8 Å². The minimum atomic E-state index is -0.380. The fourth-order valence-corrected chi connectivity index (χ4v) is 7.80. The highest BCUT2D eigenvalue weighted by Gasteiger charge is 2.54. The molecule has 3 aliphatic carbocycles. The second-order valence-electron chi connectivity index (χ2n) is 12.8. The van der Waals surface area contributed by atoms with Crippen LogP contribution in [0.25, 0.3) is 0 Å². The predicted octanol–water partition coefficient (Wildman–Crippen LogP) is 1.72. The lowest BCUT2D eigenvalue weighted by atomic mass is 9.84. The Morgan fingerprint density at radius 2 is 1.70 bits per heavy atom. The number of amides is 2. The summed E-state index contributed by atoms with van der Waals surface area (Å²) in [6, 6.07) is 0.235. The van der Waals surface area contributed by atoms with Gasteiger partial charge in [0, 0.05) is 38.1 Å². The van der Waals surface area contributed by atoms with Gasteiger partial charge in [0.15, 0.2) is 0 Å². The minimum Gasteiger partial charge on any atom is -0.463 e. The molecular formula is C28H45N5O4. The molecule has 3 heterocycles. The van der Waals surface area contributed by atoms with Gasteiger partial charge in [0.05, 0.1) is 17.5 Å². The molecule has 0 aromatic rings. The van der Waals surface area contributed by atoms with Gasteiger partial charge in [-0.15, -0.1) is 0 Å². The number of piperidine rings is 1. The van der Waals surface area contributed by atoms with E-state index in [0.29, 0.717) is 25.1 Å². The number of carbonyl (C=O) groups is 3. The summed E-state index contributed by atoms with van der Waals surface area (Å²) >= 11 is 0. The van der Waals surface area contributed by atoms with Crippen molar-refractivity contribution in [3.05, 3.63) is 0 Å². The molecule has 6 fully saturated rings. The van der Waals surface area contributed by atoms with Crippen LogP contribution < -0.4 is 16.2 Å². The van der Waals surface area contributed by atoms with Crippen LogP contribution in [0.3, 0.4) is 0 Å². The quantitative estimate of drug-likeness (QED) is 0.463. The van der Waals surface area contributed by atoms with Crippen molar-refractivity contribution in [1.82, 2.24) is 26.0 Å². The molecule has 6 rings (SSSR count). The summed E-state index contributed by atoms with van der Waals surface area (Å²) in [5.74, 6) is 0.862. The summed E-state index contributed by atoms with van der Waals surface area (Å²) in [7, 11) is 1.86. The molecule has 206 valence electrons. The molecule has 6 aliphatic rings. The Morgan fingerprint density at radius 1 is 0.946 bits per heavy atom. The zero-order valence-corrected chi connectivity index (χ0v) is 22.4. The molecule has 9 heteroatoms. The normalized spacial score (nSPS) is 36.9. The van der Waals surface area contributed by atoms with Crippen molar-refractivity contribution in [1.29, 1.82) is 0 Å². The fourth-order valence-electron chi connectivity index (χ4n) is 7.80. The van der Waals surface area contributed by atoms with Crippen LogP contribution >= 0.6 is 0 Å². The number of nitrogens with one attached hydrogen (secondary N) is 3. The van der Waals surface area contributed by atoms with Gasteiger partial charge < -0.3 is 19.9 Å². The number of esters is 1. The molecule has 3 aliphatic heterocycles. The van der Waals surface area contributed by atoms with Gasteiger partial charge in [-0.3, -0.25) is 19.8 Å². The van der Waals surface area contributed by atoms with E-state index in [-0.39, 0.29) is 53.3 Å². The third-order valence-electron chi connectivity index (χ3n) is 10.5. The van der Waals surface area contributed by atoms with Crippen molar-refractivity contribution in [2.75, 3.05) is 26.7 Å². The Kier molecular flexibility index (Phi) is 7.22. The molecule has 9 nitrogen and oxygen atoms in total. The van der Waals surface area contributed by atoms with E-state index >= 15 is 0 Å². The summed E-state index contributed by atoms with van der Waals surface area (Å²) in [5.41, 5.74) is 6.23. The monoisotopic (exact) mass is 515 g/mol. The van der Waals surface area contributed by atoms with Crippen LogP contribution in [0.15, 0.2) is 0 Å². The molecule has 0 bridgehead atoms. The van der Waals surface area contributed by atoms with Crippen LogP contribution in [0.2, 0.25) is 0 Å². The Labute approximate surface area is 220 Å². The molecule has 0 spiro atoms. The Bertz CT molecular complexity index is 874. The molecule has 37 heavy (non-hydrogen) atoms. The van der Waals surface area contributed by atoms with Crippen LogP contribution in [0.1, 0.15) is 83.5 Å². The topological polar surface area (TPSA) is 103 Å². The number of hydrogen-bond donors (Lipinski definition) is 3. The van der Waals surface area contributed by atoms with E-state index in [4.69, 9.17) is 4.74 Å². The first-order valence-electron chi connectivity index (χ1n) is 15.0.